The van der Waals surface area contributed by atoms with Crippen LogP contribution in [0.3, 0.4) is 0 Å². The van der Waals surface area contributed by atoms with Crippen molar-refractivity contribution >= 4 is 5.97 Å². The lowest BCUT2D eigenvalue weighted by molar-refractivity contribution is -0.149. The van der Waals surface area contributed by atoms with E-state index in [9.17, 15) is 4.79 Å². The van der Waals surface area contributed by atoms with E-state index < -0.39 is 0 Å². The summed E-state index contributed by atoms with van der Waals surface area (Å²) in [4.78, 5) is 11.2. The molecule has 0 aliphatic carbocycles. The Bertz CT molecular complexity index is 165. The summed E-state index contributed by atoms with van der Waals surface area (Å²) < 4.78 is 5.24. The van der Waals surface area contributed by atoms with Crippen LogP contribution in [0.25, 0.3) is 0 Å². The fourth-order valence-corrected chi connectivity index (χ4v) is 1.77. The minimum absolute atomic E-state index is 0.0120. The van der Waals surface area contributed by atoms with E-state index in [-0.39, 0.29) is 12.1 Å². The zero-order chi connectivity index (χ0) is 9.68. The highest BCUT2D eigenvalue weighted by Crippen LogP contribution is 2.19. The summed E-state index contributed by atoms with van der Waals surface area (Å²) in [6.07, 6.45) is 6.37. The standard InChI is InChI=1S/C11H20O2/c1-9-5-3-4-6-11(12)13-10(2)8-7-9/h9-10H,3-8H2,1-2H3/t9-,10-/m0/s1. The van der Waals surface area contributed by atoms with Crippen molar-refractivity contribution in [1.29, 1.82) is 0 Å². The minimum atomic E-state index is -0.0120. The Kier molecular flexibility index (Phi) is 4.26. The highest BCUT2D eigenvalue weighted by Gasteiger charge is 2.13. The maximum atomic E-state index is 11.2. The molecule has 0 spiro atoms. The summed E-state index contributed by atoms with van der Waals surface area (Å²) in [5, 5.41) is 0. The quantitative estimate of drug-likeness (QED) is 0.541. The fraction of sp³-hybridized carbons (Fsp3) is 0.909. The topological polar surface area (TPSA) is 26.3 Å². The van der Waals surface area contributed by atoms with Gasteiger partial charge in [-0.3, -0.25) is 4.79 Å². The number of carbonyl (C=O) groups excluding carboxylic acids is 1. The molecule has 0 aromatic carbocycles. The number of hydrogen-bond acceptors (Lipinski definition) is 2. The van der Waals surface area contributed by atoms with E-state index in [0.717, 1.165) is 18.8 Å². The number of carbonyl (C=O) groups is 1. The molecule has 1 rings (SSSR count). The third-order valence-electron chi connectivity index (χ3n) is 2.73. The molecule has 1 fully saturated rings. The van der Waals surface area contributed by atoms with Crippen molar-refractivity contribution < 1.29 is 9.53 Å². The average Bonchev–Trinajstić information content (AvgIpc) is 2.08. The molecule has 0 amide bonds. The Labute approximate surface area is 80.7 Å². The lowest BCUT2D eigenvalue weighted by atomic mass is 9.96. The molecule has 1 aliphatic heterocycles. The van der Waals surface area contributed by atoms with Crippen molar-refractivity contribution in [3.63, 3.8) is 0 Å². The first-order valence-corrected chi connectivity index (χ1v) is 5.38. The van der Waals surface area contributed by atoms with Gasteiger partial charge in [-0.05, 0) is 32.1 Å². The SMILES string of the molecule is C[C@H]1CCCCC(=O)O[C@@H](C)CC1. The summed E-state index contributed by atoms with van der Waals surface area (Å²) in [5.74, 6) is 0.779. The van der Waals surface area contributed by atoms with Gasteiger partial charge in [-0.25, -0.2) is 0 Å². The van der Waals surface area contributed by atoms with Gasteiger partial charge in [0.25, 0.3) is 0 Å². The summed E-state index contributed by atoms with van der Waals surface area (Å²) in [6, 6.07) is 0. The van der Waals surface area contributed by atoms with Gasteiger partial charge < -0.3 is 4.74 Å². The Morgan fingerprint density at radius 1 is 1.15 bits per heavy atom. The highest BCUT2D eigenvalue weighted by atomic mass is 16.5. The molecule has 0 bridgehead atoms. The second-order valence-electron chi connectivity index (χ2n) is 4.23. The smallest absolute Gasteiger partial charge is 0.306 e. The van der Waals surface area contributed by atoms with Crippen LogP contribution in [0.15, 0.2) is 0 Å². The molecule has 13 heavy (non-hydrogen) atoms. The van der Waals surface area contributed by atoms with E-state index in [2.05, 4.69) is 6.92 Å². The zero-order valence-corrected chi connectivity index (χ0v) is 8.71. The number of hydrogen-bond donors (Lipinski definition) is 0. The first-order chi connectivity index (χ1) is 6.18. The van der Waals surface area contributed by atoms with Gasteiger partial charge in [0.2, 0.25) is 0 Å². The van der Waals surface area contributed by atoms with Crippen molar-refractivity contribution in [2.75, 3.05) is 0 Å². The van der Waals surface area contributed by atoms with Gasteiger partial charge in [-0.15, -0.1) is 0 Å². The number of esters is 1. The third kappa shape index (κ3) is 4.30. The molecule has 2 atom stereocenters. The molecule has 1 heterocycles. The predicted molar refractivity (Wildman–Crippen MR) is 52.4 cm³/mol. The van der Waals surface area contributed by atoms with Gasteiger partial charge >= 0.3 is 5.97 Å². The van der Waals surface area contributed by atoms with Crippen LogP contribution in [0.2, 0.25) is 0 Å². The van der Waals surface area contributed by atoms with Gasteiger partial charge in [0, 0.05) is 6.42 Å². The summed E-state index contributed by atoms with van der Waals surface area (Å²) in [5.41, 5.74) is 0. The maximum absolute atomic E-state index is 11.2. The zero-order valence-electron chi connectivity index (χ0n) is 8.71. The van der Waals surface area contributed by atoms with Gasteiger partial charge in [0.15, 0.2) is 0 Å². The van der Waals surface area contributed by atoms with Crippen molar-refractivity contribution in [1.82, 2.24) is 0 Å². The molecule has 0 saturated carbocycles. The predicted octanol–water partition coefficient (Wildman–Crippen LogP) is 2.91. The molecule has 0 radical (unpaired) electrons. The van der Waals surface area contributed by atoms with Crippen LogP contribution in [-0.4, -0.2) is 12.1 Å². The molecule has 2 heteroatoms. The first-order valence-electron chi connectivity index (χ1n) is 5.38. The number of ether oxygens (including phenoxy) is 1. The molecule has 2 nitrogen and oxygen atoms in total. The second kappa shape index (κ2) is 5.25. The van der Waals surface area contributed by atoms with Crippen LogP contribution < -0.4 is 0 Å². The van der Waals surface area contributed by atoms with Gasteiger partial charge in [0.1, 0.15) is 0 Å². The van der Waals surface area contributed by atoms with E-state index in [0.29, 0.717) is 6.42 Å². The van der Waals surface area contributed by atoms with Crippen LogP contribution in [0, 0.1) is 5.92 Å². The van der Waals surface area contributed by atoms with Crippen LogP contribution in [-0.2, 0) is 9.53 Å². The normalized spacial score (nSPS) is 32.3. The van der Waals surface area contributed by atoms with Crippen LogP contribution in [0.4, 0.5) is 0 Å². The number of rotatable bonds is 0. The summed E-state index contributed by atoms with van der Waals surface area (Å²) in [6.45, 7) is 4.28. The molecular weight excluding hydrogens is 164 g/mol. The monoisotopic (exact) mass is 184 g/mol. The highest BCUT2D eigenvalue weighted by molar-refractivity contribution is 5.69. The van der Waals surface area contributed by atoms with Crippen LogP contribution in [0.5, 0.6) is 0 Å². The van der Waals surface area contributed by atoms with Crippen LogP contribution in [0.1, 0.15) is 52.4 Å². The maximum Gasteiger partial charge on any atom is 0.306 e. The molecular formula is C11H20O2. The molecule has 0 unspecified atom stereocenters. The summed E-state index contributed by atoms with van der Waals surface area (Å²) >= 11 is 0. The van der Waals surface area contributed by atoms with Gasteiger partial charge in [0.05, 0.1) is 6.10 Å². The Hall–Kier alpha value is -0.530. The molecule has 0 N–H and O–H groups in total. The second-order valence-corrected chi connectivity index (χ2v) is 4.23. The first kappa shape index (κ1) is 10.6. The lowest BCUT2D eigenvalue weighted by Gasteiger charge is -2.18. The van der Waals surface area contributed by atoms with E-state index in [1.165, 1.54) is 19.3 Å². The lowest BCUT2D eigenvalue weighted by Crippen LogP contribution is -2.17. The van der Waals surface area contributed by atoms with Crippen molar-refractivity contribution in [3.8, 4) is 0 Å². The Morgan fingerprint density at radius 2 is 1.92 bits per heavy atom. The van der Waals surface area contributed by atoms with Crippen molar-refractivity contribution in [2.45, 2.75) is 58.5 Å². The van der Waals surface area contributed by atoms with Crippen molar-refractivity contribution in [2.24, 2.45) is 5.92 Å². The molecule has 76 valence electrons. The Morgan fingerprint density at radius 3 is 2.69 bits per heavy atom. The van der Waals surface area contributed by atoms with E-state index >= 15 is 0 Å². The average molecular weight is 184 g/mol. The third-order valence-corrected chi connectivity index (χ3v) is 2.73. The summed E-state index contributed by atoms with van der Waals surface area (Å²) in [7, 11) is 0. The van der Waals surface area contributed by atoms with Gasteiger partial charge in [-0.1, -0.05) is 19.8 Å². The molecule has 0 aromatic rings. The molecule has 0 aromatic heterocycles. The van der Waals surface area contributed by atoms with E-state index in [1.807, 2.05) is 6.92 Å². The van der Waals surface area contributed by atoms with E-state index in [1.54, 1.807) is 0 Å². The molecule has 1 saturated heterocycles. The minimum Gasteiger partial charge on any atom is -0.463 e. The molecule has 1 aliphatic rings. The van der Waals surface area contributed by atoms with Crippen LogP contribution >= 0.6 is 0 Å². The van der Waals surface area contributed by atoms with Crippen molar-refractivity contribution in [3.05, 3.63) is 0 Å². The van der Waals surface area contributed by atoms with Gasteiger partial charge in [-0.2, -0.15) is 0 Å². The largest absolute Gasteiger partial charge is 0.463 e. The fourth-order valence-electron chi connectivity index (χ4n) is 1.77. The number of cyclic esters (lactones) is 1. The van der Waals surface area contributed by atoms with E-state index in [4.69, 9.17) is 4.74 Å². The Balaban J connectivity index is 2.37.